The first-order chi connectivity index (χ1) is 34.0. The Balaban J connectivity index is 1.74. The molecule has 9 aromatic rings. The van der Waals surface area contributed by atoms with E-state index in [4.69, 9.17) is 31.8 Å². The molecule has 0 bridgehead atoms. The second-order valence-electron chi connectivity index (χ2n) is 9.51. The standard InChI is InChI=1S/C44H28O/c1-3-14-29(15-4-1)32-26-27-40-39(28-32)43(44(45-40)38-25-13-19-30-16-7-8-20-33(30)38)42-36-23-11-9-21-34(36)41(31-17-5-2-6-18-31)35-22-10-12-24-37(35)42/h1-28H/i1D,2D,3D,4D,5D,6D,7D,8D,9D,10D,11D,12D,13D,14D,15D,16D,17D,18D,19D,20D,21D,22D,23D,24D,25D,26D,27D,28D. The molecule has 1 nitrogen and oxygen atoms in total. The molecule has 1 heteroatoms. The first-order valence-corrected chi connectivity index (χ1v) is 13.2. The van der Waals surface area contributed by atoms with Crippen LogP contribution in [0.1, 0.15) is 38.4 Å². The predicted molar refractivity (Wildman–Crippen MR) is 190 cm³/mol. The number of hydrogen-bond acceptors (Lipinski definition) is 1. The minimum absolute atomic E-state index is 0.679. The minimum Gasteiger partial charge on any atom is -0.455 e. The molecule has 0 aliphatic carbocycles. The number of furan rings is 1. The van der Waals surface area contributed by atoms with Crippen LogP contribution in [0.5, 0.6) is 0 Å². The third-order valence-corrected chi connectivity index (χ3v) is 7.12. The highest BCUT2D eigenvalue weighted by molar-refractivity contribution is 6.25. The molecular formula is C44H28O. The van der Waals surface area contributed by atoms with E-state index in [1.807, 2.05) is 0 Å². The van der Waals surface area contributed by atoms with Gasteiger partial charge in [-0.1, -0.05) is 157 Å². The first kappa shape index (κ1) is 10.1. The van der Waals surface area contributed by atoms with Gasteiger partial charge in [-0.05, 0) is 66.7 Å². The highest BCUT2D eigenvalue weighted by Crippen LogP contribution is 2.50. The Hall–Kier alpha value is -5.92. The van der Waals surface area contributed by atoms with Crippen molar-refractivity contribution in [2.45, 2.75) is 0 Å². The Labute approximate surface area is 301 Å². The van der Waals surface area contributed by atoms with Gasteiger partial charge in [-0.2, -0.15) is 0 Å². The van der Waals surface area contributed by atoms with Crippen LogP contribution in [0.3, 0.4) is 0 Å². The van der Waals surface area contributed by atoms with Gasteiger partial charge in [-0.15, -0.1) is 0 Å². The molecule has 1 aromatic heterocycles. The van der Waals surface area contributed by atoms with E-state index in [-0.39, 0.29) is 0 Å². The van der Waals surface area contributed by atoms with E-state index in [2.05, 4.69) is 0 Å². The lowest BCUT2D eigenvalue weighted by atomic mass is 9.84. The molecule has 0 unspecified atom stereocenters. The zero-order valence-electron chi connectivity index (χ0n) is 50.4. The van der Waals surface area contributed by atoms with Gasteiger partial charge in [0.15, 0.2) is 0 Å². The van der Waals surface area contributed by atoms with Crippen LogP contribution in [0.15, 0.2) is 174 Å². The summed E-state index contributed by atoms with van der Waals surface area (Å²) in [5.74, 6) is -0.930. The summed E-state index contributed by atoms with van der Waals surface area (Å²) in [6, 6.07) is -27.6. The quantitative estimate of drug-likeness (QED) is 0.183. The lowest BCUT2D eigenvalue weighted by molar-refractivity contribution is 0.633. The molecule has 0 saturated heterocycles. The van der Waals surface area contributed by atoms with Crippen molar-refractivity contribution in [3.8, 4) is 44.7 Å². The molecular weight excluding hydrogens is 544 g/mol. The van der Waals surface area contributed by atoms with E-state index in [1.165, 1.54) is 0 Å². The summed E-state index contributed by atoms with van der Waals surface area (Å²) in [6.45, 7) is 0. The van der Waals surface area contributed by atoms with Gasteiger partial charge < -0.3 is 4.42 Å². The summed E-state index contributed by atoms with van der Waals surface area (Å²) in [5, 5.41) is -5.34. The second kappa shape index (κ2) is 10.4. The lowest BCUT2D eigenvalue weighted by Crippen LogP contribution is -1.92. The molecule has 1 heterocycles. The van der Waals surface area contributed by atoms with Crippen LogP contribution in [0.4, 0.5) is 0 Å². The molecule has 45 heavy (non-hydrogen) atoms. The van der Waals surface area contributed by atoms with E-state index >= 15 is 0 Å². The normalized spacial score (nSPS) is 20.3. The maximum absolute atomic E-state index is 9.92. The van der Waals surface area contributed by atoms with Gasteiger partial charge in [0.2, 0.25) is 0 Å². The summed E-state index contributed by atoms with van der Waals surface area (Å²) in [7, 11) is 0. The van der Waals surface area contributed by atoms with E-state index in [9.17, 15) is 11.0 Å². The van der Waals surface area contributed by atoms with Gasteiger partial charge >= 0.3 is 0 Å². The smallest absolute Gasteiger partial charge is 0.143 e. The fourth-order valence-corrected chi connectivity index (χ4v) is 5.31. The average molecular weight is 601 g/mol. The summed E-state index contributed by atoms with van der Waals surface area (Å²) in [6.07, 6.45) is 0. The highest BCUT2D eigenvalue weighted by atomic mass is 16.3. The monoisotopic (exact) mass is 600 g/mol. The zero-order valence-corrected chi connectivity index (χ0v) is 22.4. The minimum atomic E-state index is -1.06. The van der Waals surface area contributed by atoms with Crippen LogP contribution in [-0.2, 0) is 0 Å². The summed E-state index contributed by atoms with van der Waals surface area (Å²) in [5.41, 5.74) is -6.51. The topological polar surface area (TPSA) is 13.1 Å². The first-order valence-electron chi connectivity index (χ1n) is 27.2. The van der Waals surface area contributed by atoms with Crippen molar-refractivity contribution in [1.82, 2.24) is 0 Å². The van der Waals surface area contributed by atoms with Gasteiger partial charge in [0.1, 0.15) is 11.3 Å². The lowest BCUT2D eigenvalue weighted by Gasteiger charge is -2.18. The Morgan fingerprint density at radius 1 is 0.356 bits per heavy atom. The van der Waals surface area contributed by atoms with Gasteiger partial charge in [0, 0.05) is 22.1 Å². The fraction of sp³-hybridized carbons (Fsp3) is 0. The van der Waals surface area contributed by atoms with Crippen LogP contribution in [0.25, 0.3) is 88.0 Å². The number of benzene rings is 8. The third kappa shape index (κ3) is 4.09. The molecule has 8 aromatic carbocycles. The molecule has 0 aliphatic rings. The molecule has 0 atom stereocenters. The number of hydrogen-bond donors (Lipinski definition) is 0. The maximum atomic E-state index is 9.92. The Kier molecular flexibility index (Phi) is 2.32. The van der Waals surface area contributed by atoms with Crippen molar-refractivity contribution in [2.75, 3.05) is 0 Å². The number of rotatable bonds is 4. The number of fused-ring (bicyclic) bond motifs is 4. The van der Waals surface area contributed by atoms with Crippen LogP contribution < -0.4 is 0 Å². The third-order valence-electron chi connectivity index (χ3n) is 7.12. The van der Waals surface area contributed by atoms with Gasteiger partial charge in [0.05, 0.1) is 38.4 Å². The van der Waals surface area contributed by atoms with Crippen molar-refractivity contribution in [3.05, 3.63) is 169 Å². The molecule has 0 N–H and O–H groups in total. The van der Waals surface area contributed by atoms with Crippen molar-refractivity contribution in [2.24, 2.45) is 0 Å². The highest BCUT2D eigenvalue weighted by Gasteiger charge is 2.25. The van der Waals surface area contributed by atoms with Crippen molar-refractivity contribution in [1.29, 1.82) is 0 Å². The summed E-state index contributed by atoms with van der Waals surface area (Å²) < 4.78 is 257. The summed E-state index contributed by atoms with van der Waals surface area (Å²) >= 11 is 0. The SMILES string of the molecule is [2H]c1c([2H])c([2H])c(-c2c([2H])c([2H])c3oc(-c4c([2H])c([2H])c([2H])c5c([2H])c([2H])c([2H])c([2H])c45)c(-c4c5c([2H])c([2H])c([2H])c([2H])c5c(-c5c([2H])c([2H])c([2H])c([2H])c5[2H])c5c([2H])c([2H])c([2H])c([2H])c45)c3c2[2H])c([2H])c1[2H]. The molecule has 210 valence electrons. The molecule has 0 amide bonds. The maximum Gasteiger partial charge on any atom is 0.143 e. The molecule has 9 rings (SSSR count). The van der Waals surface area contributed by atoms with Crippen LogP contribution in [-0.4, -0.2) is 0 Å². The van der Waals surface area contributed by atoms with Crippen LogP contribution >= 0.6 is 0 Å². The fourth-order valence-electron chi connectivity index (χ4n) is 5.31. The van der Waals surface area contributed by atoms with Crippen LogP contribution in [0, 0.1) is 0 Å². The van der Waals surface area contributed by atoms with Gasteiger partial charge in [-0.3, -0.25) is 0 Å². The molecule has 0 radical (unpaired) electrons. The zero-order chi connectivity index (χ0) is 54.1. The van der Waals surface area contributed by atoms with E-state index < -0.39 is 257 Å². The van der Waals surface area contributed by atoms with E-state index in [0.29, 0.717) is 0 Å². The van der Waals surface area contributed by atoms with Gasteiger partial charge in [0.25, 0.3) is 0 Å². The van der Waals surface area contributed by atoms with Crippen molar-refractivity contribution >= 4 is 43.3 Å². The molecule has 0 spiro atoms. The summed E-state index contributed by atoms with van der Waals surface area (Å²) in [4.78, 5) is 0. The Morgan fingerprint density at radius 3 is 1.56 bits per heavy atom. The van der Waals surface area contributed by atoms with E-state index in [1.54, 1.807) is 0 Å². The Bertz CT molecular complexity index is 3970. The largest absolute Gasteiger partial charge is 0.455 e. The predicted octanol–water partition coefficient (Wildman–Crippen LogP) is 12.6. The van der Waals surface area contributed by atoms with Crippen molar-refractivity contribution in [3.63, 3.8) is 0 Å². The molecule has 0 aliphatic heterocycles. The Morgan fingerprint density at radius 2 is 0.889 bits per heavy atom. The van der Waals surface area contributed by atoms with Crippen molar-refractivity contribution < 1.29 is 42.8 Å². The van der Waals surface area contributed by atoms with E-state index in [0.717, 1.165) is 0 Å². The van der Waals surface area contributed by atoms with Gasteiger partial charge in [-0.25, -0.2) is 0 Å². The second-order valence-corrected chi connectivity index (χ2v) is 9.51. The van der Waals surface area contributed by atoms with Crippen LogP contribution in [0.2, 0.25) is 0 Å². The molecule has 0 saturated carbocycles. The molecule has 0 fully saturated rings. The average Bonchev–Trinajstić information content (AvgIpc) is 3.76.